The molecule has 2 aliphatic rings. The number of nitrogens with zero attached hydrogens (tertiary/aromatic N) is 1. The number of benzene rings is 1. The highest BCUT2D eigenvalue weighted by molar-refractivity contribution is 5.92. The third kappa shape index (κ3) is 2.88. The van der Waals surface area contributed by atoms with Gasteiger partial charge in [-0.15, -0.1) is 0 Å². The summed E-state index contributed by atoms with van der Waals surface area (Å²) in [5, 5.41) is 12.4. The van der Waals surface area contributed by atoms with Crippen LogP contribution in [0.1, 0.15) is 36.5 Å². The van der Waals surface area contributed by atoms with Gasteiger partial charge in [-0.05, 0) is 35.6 Å². The van der Waals surface area contributed by atoms with E-state index < -0.39 is 17.3 Å². The molecule has 0 unspecified atom stereocenters. The Hall–Kier alpha value is -2.08. The van der Waals surface area contributed by atoms with Crippen molar-refractivity contribution in [2.24, 2.45) is 11.3 Å². The number of fused-ring (bicyclic) bond motifs is 1. The van der Waals surface area contributed by atoms with E-state index in [2.05, 4.69) is 30.1 Å². The van der Waals surface area contributed by atoms with E-state index in [0.29, 0.717) is 25.6 Å². The van der Waals surface area contributed by atoms with E-state index in [-0.39, 0.29) is 12.5 Å². The summed E-state index contributed by atoms with van der Waals surface area (Å²) in [7, 11) is 1.68. The van der Waals surface area contributed by atoms with Crippen LogP contribution in [0.3, 0.4) is 0 Å². The number of aliphatic carboxylic acids is 1. The number of carboxylic acid groups (broad SMARTS) is 1. The summed E-state index contributed by atoms with van der Waals surface area (Å²) in [5.41, 5.74) is 2.43. The van der Waals surface area contributed by atoms with Crippen LogP contribution in [-0.4, -0.2) is 48.6 Å². The second kappa shape index (κ2) is 6.33. The Bertz CT molecular complexity index is 716. The lowest BCUT2D eigenvalue weighted by Crippen LogP contribution is -2.40. The molecule has 1 aromatic carbocycles. The van der Waals surface area contributed by atoms with Crippen LogP contribution in [0, 0.1) is 18.3 Å². The Labute approximate surface area is 148 Å². The molecule has 6 nitrogen and oxygen atoms in total. The summed E-state index contributed by atoms with van der Waals surface area (Å²) in [5.74, 6) is -0.264. The molecule has 0 saturated carbocycles. The van der Waals surface area contributed by atoms with Gasteiger partial charge < -0.3 is 15.2 Å². The van der Waals surface area contributed by atoms with Crippen molar-refractivity contribution in [1.29, 1.82) is 0 Å². The number of hydrogen-bond donors (Lipinski definition) is 2. The first-order valence-electron chi connectivity index (χ1n) is 8.69. The van der Waals surface area contributed by atoms with E-state index in [0.717, 1.165) is 22.4 Å². The average Bonchev–Trinajstić information content (AvgIpc) is 3.07. The lowest BCUT2D eigenvalue weighted by molar-refractivity contribution is -0.149. The molecule has 0 aromatic heterocycles. The molecule has 2 atom stereocenters. The molecule has 1 aromatic rings. The molecule has 25 heavy (non-hydrogen) atoms. The van der Waals surface area contributed by atoms with Gasteiger partial charge in [0.25, 0.3) is 0 Å². The van der Waals surface area contributed by atoms with E-state index >= 15 is 0 Å². The minimum Gasteiger partial charge on any atom is -0.496 e. The fraction of sp³-hybridized carbons (Fsp3) is 0.579. The highest BCUT2D eigenvalue weighted by atomic mass is 16.5. The zero-order valence-electron chi connectivity index (χ0n) is 15.3. The smallest absolute Gasteiger partial charge is 0.313 e. The highest BCUT2D eigenvalue weighted by Crippen LogP contribution is 2.41. The van der Waals surface area contributed by atoms with Crippen molar-refractivity contribution in [3.05, 3.63) is 28.8 Å². The molecule has 1 amide bonds. The average molecular weight is 346 g/mol. The van der Waals surface area contributed by atoms with Crippen LogP contribution < -0.4 is 10.1 Å². The van der Waals surface area contributed by atoms with Crippen LogP contribution >= 0.6 is 0 Å². The Morgan fingerprint density at radius 3 is 2.76 bits per heavy atom. The number of nitrogens with one attached hydrogen (secondary N) is 1. The standard InChI is InChI=1S/C19H26N2O4/c1-11(2)14-6-13(12(3)5-16(14)25-4)7-21-8-15-17(22)20-9-19(15,10-21)18(23)24/h5-6,11,15H,7-10H2,1-4H3,(H,20,22)(H,23,24)/t15-,19+/m1/s1. The zero-order chi connectivity index (χ0) is 18.4. The van der Waals surface area contributed by atoms with Crippen molar-refractivity contribution in [2.45, 2.75) is 33.2 Å². The second-order valence-corrected chi connectivity index (χ2v) is 7.58. The zero-order valence-corrected chi connectivity index (χ0v) is 15.3. The summed E-state index contributed by atoms with van der Waals surface area (Å²) in [6, 6.07) is 4.20. The Morgan fingerprint density at radius 1 is 1.48 bits per heavy atom. The number of hydrogen-bond acceptors (Lipinski definition) is 4. The van der Waals surface area contributed by atoms with Crippen LogP contribution in [0.15, 0.2) is 12.1 Å². The maximum absolute atomic E-state index is 12.0. The van der Waals surface area contributed by atoms with Crippen molar-refractivity contribution in [2.75, 3.05) is 26.7 Å². The summed E-state index contributed by atoms with van der Waals surface area (Å²) >= 11 is 0. The summed E-state index contributed by atoms with van der Waals surface area (Å²) in [6.07, 6.45) is 0. The lowest BCUT2D eigenvalue weighted by atomic mass is 9.81. The number of likely N-dealkylation sites (tertiary alicyclic amines) is 1. The maximum Gasteiger partial charge on any atom is 0.313 e. The second-order valence-electron chi connectivity index (χ2n) is 7.58. The normalized spacial score (nSPS) is 26.0. The molecule has 2 N–H and O–H groups in total. The van der Waals surface area contributed by atoms with Gasteiger partial charge in [-0.25, -0.2) is 0 Å². The quantitative estimate of drug-likeness (QED) is 0.849. The minimum atomic E-state index is -0.988. The molecule has 2 heterocycles. The third-order valence-corrected chi connectivity index (χ3v) is 5.64. The van der Waals surface area contributed by atoms with Crippen molar-refractivity contribution in [3.8, 4) is 5.75 Å². The van der Waals surface area contributed by atoms with E-state index in [1.54, 1.807) is 7.11 Å². The predicted octanol–water partition coefficient (Wildman–Crippen LogP) is 1.76. The molecule has 2 fully saturated rings. The van der Waals surface area contributed by atoms with Crippen molar-refractivity contribution in [3.63, 3.8) is 0 Å². The van der Waals surface area contributed by atoms with Gasteiger partial charge >= 0.3 is 5.97 Å². The SMILES string of the molecule is COc1cc(C)c(CN2C[C@@H]3C(=O)NC[C@]3(C(=O)O)C2)cc1C(C)C. The number of methoxy groups -OCH3 is 1. The van der Waals surface area contributed by atoms with E-state index in [1.807, 2.05) is 13.0 Å². The fourth-order valence-electron chi connectivity index (χ4n) is 4.08. The molecule has 0 aliphatic carbocycles. The van der Waals surface area contributed by atoms with Gasteiger partial charge in [0.05, 0.1) is 13.0 Å². The van der Waals surface area contributed by atoms with Gasteiger partial charge in [-0.2, -0.15) is 0 Å². The van der Waals surface area contributed by atoms with E-state index in [1.165, 1.54) is 0 Å². The fourth-order valence-corrected chi connectivity index (χ4v) is 4.08. The third-order valence-electron chi connectivity index (χ3n) is 5.64. The molecular weight excluding hydrogens is 320 g/mol. The molecule has 0 radical (unpaired) electrons. The van der Waals surface area contributed by atoms with Crippen LogP contribution in [0.2, 0.25) is 0 Å². The predicted molar refractivity (Wildman–Crippen MR) is 93.7 cm³/mol. The van der Waals surface area contributed by atoms with Gasteiger partial charge in [-0.1, -0.05) is 19.9 Å². The molecule has 2 saturated heterocycles. The molecule has 6 heteroatoms. The number of aryl methyl sites for hydroxylation is 1. The van der Waals surface area contributed by atoms with E-state index in [4.69, 9.17) is 4.74 Å². The molecule has 3 rings (SSSR count). The summed E-state index contributed by atoms with van der Waals surface area (Å²) in [6.45, 7) is 8.05. The Balaban J connectivity index is 1.86. The lowest BCUT2D eigenvalue weighted by Gasteiger charge is -2.23. The van der Waals surface area contributed by atoms with Crippen LogP contribution in [-0.2, 0) is 16.1 Å². The maximum atomic E-state index is 12.0. The van der Waals surface area contributed by atoms with E-state index in [9.17, 15) is 14.7 Å². The summed E-state index contributed by atoms with van der Waals surface area (Å²) in [4.78, 5) is 25.9. The summed E-state index contributed by atoms with van der Waals surface area (Å²) < 4.78 is 5.49. The number of amides is 1. The largest absolute Gasteiger partial charge is 0.496 e. The van der Waals surface area contributed by atoms with Crippen LogP contribution in [0.4, 0.5) is 0 Å². The Morgan fingerprint density at radius 2 is 2.20 bits per heavy atom. The first-order valence-corrected chi connectivity index (χ1v) is 8.69. The minimum absolute atomic E-state index is 0.140. The first-order chi connectivity index (χ1) is 11.8. The number of carbonyl (C=O) groups is 2. The van der Waals surface area contributed by atoms with Crippen molar-refractivity contribution < 1.29 is 19.4 Å². The van der Waals surface area contributed by atoms with Crippen molar-refractivity contribution >= 4 is 11.9 Å². The molecular formula is C19H26N2O4. The Kier molecular flexibility index (Phi) is 4.49. The molecule has 136 valence electrons. The van der Waals surface area contributed by atoms with Crippen molar-refractivity contribution in [1.82, 2.24) is 10.2 Å². The van der Waals surface area contributed by atoms with Gasteiger partial charge in [0.15, 0.2) is 0 Å². The highest BCUT2D eigenvalue weighted by Gasteiger charge is 2.59. The molecule has 2 aliphatic heterocycles. The van der Waals surface area contributed by atoms with Crippen LogP contribution in [0.5, 0.6) is 5.75 Å². The van der Waals surface area contributed by atoms with Crippen LogP contribution in [0.25, 0.3) is 0 Å². The number of carboxylic acids is 1. The van der Waals surface area contributed by atoms with Gasteiger partial charge in [0.1, 0.15) is 11.2 Å². The molecule has 0 bridgehead atoms. The number of carbonyl (C=O) groups excluding carboxylic acids is 1. The van der Waals surface area contributed by atoms with Gasteiger partial charge in [0.2, 0.25) is 5.91 Å². The monoisotopic (exact) mass is 346 g/mol. The first kappa shape index (κ1) is 17.7. The van der Waals surface area contributed by atoms with Gasteiger partial charge in [0, 0.05) is 26.2 Å². The van der Waals surface area contributed by atoms with Gasteiger partial charge in [-0.3, -0.25) is 14.5 Å². The molecule has 0 spiro atoms. The number of ether oxygens (including phenoxy) is 1. The number of rotatable bonds is 5. The topological polar surface area (TPSA) is 78.9 Å².